The molecule has 2 rings (SSSR count). The molecule has 1 aliphatic rings. The van der Waals surface area contributed by atoms with Gasteiger partial charge in [0.1, 0.15) is 5.69 Å². The van der Waals surface area contributed by atoms with Gasteiger partial charge in [0.15, 0.2) is 0 Å². The Kier molecular flexibility index (Phi) is 4.45. The van der Waals surface area contributed by atoms with Crippen molar-refractivity contribution in [3.63, 3.8) is 0 Å². The Balaban J connectivity index is 1.88. The van der Waals surface area contributed by atoms with Crippen molar-refractivity contribution < 1.29 is 14.7 Å². The number of allylic oxidation sites excluding steroid dienone is 2. The molecule has 0 aliphatic heterocycles. The largest absolute Gasteiger partial charge is 0.477 e. The lowest BCUT2D eigenvalue weighted by Gasteiger charge is -2.18. The highest BCUT2D eigenvalue weighted by molar-refractivity contribution is 5.99. The Bertz CT molecular complexity index is 534. The smallest absolute Gasteiger partial charge is 0.354 e. The molecule has 1 aromatic heterocycles. The maximum Gasteiger partial charge on any atom is 0.354 e. The minimum atomic E-state index is -1.09. The van der Waals surface area contributed by atoms with Gasteiger partial charge in [0.05, 0.1) is 5.69 Å². The third-order valence-electron chi connectivity index (χ3n) is 3.34. The summed E-state index contributed by atoms with van der Waals surface area (Å²) in [7, 11) is 0. The second-order valence-electron chi connectivity index (χ2n) is 5.03. The monoisotopic (exact) mass is 277 g/mol. The lowest BCUT2D eigenvalue weighted by Crippen LogP contribution is -2.33. The molecule has 1 atom stereocenters. The number of carboxylic acids is 1. The number of aromatic amines is 1. The number of carbonyl (C=O) groups excluding carboxylic acids is 1. The van der Waals surface area contributed by atoms with Gasteiger partial charge in [0, 0.05) is 12.2 Å². The molecule has 0 fully saturated rings. The van der Waals surface area contributed by atoms with Crippen molar-refractivity contribution in [1.82, 2.24) is 10.3 Å². The highest BCUT2D eigenvalue weighted by atomic mass is 16.4. The van der Waals surface area contributed by atoms with Crippen molar-refractivity contribution in [2.24, 2.45) is 5.92 Å². The summed E-state index contributed by atoms with van der Waals surface area (Å²) in [4.78, 5) is 25.5. The number of anilines is 1. The number of carbonyl (C=O) groups is 2. The number of hydrogen-bond donors (Lipinski definition) is 4. The maximum absolute atomic E-state index is 11.8. The van der Waals surface area contributed by atoms with Gasteiger partial charge in [-0.1, -0.05) is 12.2 Å². The van der Waals surface area contributed by atoms with Crippen molar-refractivity contribution in [2.45, 2.75) is 26.2 Å². The van der Waals surface area contributed by atoms with Crippen LogP contribution >= 0.6 is 0 Å². The lowest BCUT2D eigenvalue weighted by atomic mass is 9.94. The first kappa shape index (κ1) is 14.2. The number of amides is 2. The molecule has 0 spiro atoms. The van der Waals surface area contributed by atoms with Crippen LogP contribution in [-0.4, -0.2) is 28.6 Å². The molecule has 108 valence electrons. The second kappa shape index (κ2) is 6.27. The van der Waals surface area contributed by atoms with Gasteiger partial charge in [-0.25, -0.2) is 9.59 Å². The molecule has 0 bridgehead atoms. The van der Waals surface area contributed by atoms with E-state index < -0.39 is 5.97 Å². The fourth-order valence-corrected chi connectivity index (χ4v) is 2.30. The van der Waals surface area contributed by atoms with Crippen LogP contribution < -0.4 is 10.6 Å². The van der Waals surface area contributed by atoms with Crippen molar-refractivity contribution in [1.29, 1.82) is 0 Å². The van der Waals surface area contributed by atoms with Crippen molar-refractivity contribution >= 4 is 17.7 Å². The third kappa shape index (κ3) is 3.63. The lowest BCUT2D eigenvalue weighted by molar-refractivity contribution is 0.0692. The average molecular weight is 277 g/mol. The predicted molar refractivity (Wildman–Crippen MR) is 76.0 cm³/mol. The molecule has 1 unspecified atom stereocenters. The van der Waals surface area contributed by atoms with E-state index in [4.69, 9.17) is 5.11 Å². The first-order valence-corrected chi connectivity index (χ1v) is 6.69. The zero-order valence-electron chi connectivity index (χ0n) is 11.4. The number of carboxylic acid groups (broad SMARTS) is 1. The standard InChI is InChI=1S/C14H19N3O3/c1-9-7-11(12(16-9)13(18)19)17-14(20)15-8-10-5-3-2-4-6-10/h2-3,7,10,16H,4-6,8H2,1H3,(H,18,19)(H2,15,17,20). The SMILES string of the molecule is Cc1cc(NC(=O)NCC2CC=CCC2)c(C(=O)O)[nH]1. The van der Waals surface area contributed by atoms with E-state index in [1.54, 1.807) is 13.0 Å². The van der Waals surface area contributed by atoms with Gasteiger partial charge in [-0.2, -0.15) is 0 Å². The molecular weight excluding hydrogens is 258 g/mol. The Labute approximate surface area is 117 Å². The number of aryl methyl sites for hydroxylation is 1. The molecule has 1 aromatic rings. The normalized spacial score (nSPS) is 17.8. The molecule has 0 saturated heterocycles. The summed E-state index contributed by atoms with van der Waals surface area (Å²) in [6.07, 6.45) is 7.38. The van der Waals surface area contributed by atoms with Gasteiger partial charge >= 0.3 is 12.0 Å². The van der Waals surface area contributed by atoms with E-state index in [1.807, 2.05) is 0 Å². The highest BCUT2D eigenvalue weighted by Crippen LogP contribution is 2.18. The average Bonchev–Trinajstić information content (AvgIpc) is 2.79. The van der Waals surface area contributed by atoms with Crippen LogP contribution in [0.25, 0.3) is 0 Å². The Morgan fingerprint density at radius 2 is 2.25 bits per heavy atom. The van der Waals surface area contributed by atoms with Crippen LogP contribution in [0.4, 0.5) is 10.5 Å². The Hall–Kier alpha value is -2.24. The zero-order valence-corrected chi connectivity index (χ0v) is 11.4. The van der Waals surface area contributed by atoms with E-state index in [0.29, 0.717) is 18.2 Å². The third-order valence-corrected chi connectivity index (χ3v) is 3.34. The van der Waals surface area contributed by atoms with E-state index in [1.165, 1.54) is 0 Å². The summed E-state index contributed by atoms with van der Waals surface area (Å²) in [6.45, 7) is 2.34. The van der Waals surface area contributed by atoms with Crippen LogP contribution in [0.1, 0.15) is 35.4 Å². The van der Waals surface area contributed by atoms with Gasteiger partial charge in [-0.3, -0.25) is 0 Å². The van der Waals surface area contributed by atoms with Gasteiger partial charge in [-0.05, 0) is 38.2 Å². The molecular formula is C14H19N3O3. The van der Waals surface area contributed by atoms with Crippen LogP contribution in [0.2, 0.25) is 0 Å². The van der Waals surface area contributed by atoms with Crippen molar-refractivity contribution in [3.05, 3.63) is 29.6 Å². The maximum atomic E-state index is 11.8. The van der Waals surface area contributed by atoms with Crippen LogP contribution in [-0.2, 0) is 0 Å². The van der Waals surface area contributed by atoms with Crippen LogP contribution in [0.5, 0.6) is 0 Å². The fourth-order valence-electron chi connectivity index (χ4n) is 2.30. The number of urea groups is 1. The summed E-state index contributed by atoms with van der Waals surface area (Å²) < 4.78 is 0. The minimum Gasteiger partial charge on any atom is -0.477 e. The van der Waals surface area contributed by atoms with E-state index in [0.717, 1.165) is 19.3 Å². The number of rotatable bonds is 4. The van der Waals surface area contributed by atoms with Gasteiger partial charge < -0.3 is 20.7 Å². The Morgan fingerprint density at radius 3 is 2.90 bits per heavy atom. The summed E-state index contributed by atoms with van der Waals surface area (Å²) in [6, 6.07) is 1.23. The molecule has 0 aromatic carbocycles. The molecule has 6 nitrogen and oxygen atoms in total. The first-order chi connectivity index (χ1) is 9.56. The van der Waals surface area contributed by atoms with Crippen molar-refractivity contribution in [2.75, 3.05) is 11.9 Å². The molecule has 0 saturated carbocycles. The Morgan fingerprint density at radius 1 is 1.45 bits per heavy atom. The van der Waals surface area contributed by atoms with Crippen LogP contribution in [0.3, 0.4) is 0 Å². The molecule has 20 heavy (non-hydrogen) atoms. The second-order valence-corrected chi connectivity index (χ2v) is 5.03. The summed E-state index contributed by atoms with van der Waals surface area (Å²) in [5.41, 5.74) is 0.976. The molecule has 6 heteroatoms. The fraction of sp³-hybridized carbons (Fsp3) is 0.429. The topological polar surface area (TPSA) is 94.2 Å². The number of H-pyrrole nitrogens is 1. The van der Waals surface area contributed by atoms with Gasteiger partial charge in [0.2, 0.25) is 0 Å². The highest BCUT2D eigenvalue weighted by Gasteiger charge is 2.16. The first-order valence-electron chi connectivity index (χ1n) is 6.69. The number of nitrogens with one attached hydrogen (secondary N) is 3. The van der Waals surface area contributed by atoms with Gasteiger partial charge in [0.25, 0.3) is 0 Å². The summed E-state index contributed by atoms with van der Waals surface area (Å²) >= 11 is 0. The zero-order chi connectivity index (χ0) is 14.5. The number of aromatic carboxylic acids is 1. The molecule has 1 heterocycles. The molecule has 1 aliphatic carbocycles. The minimum absolute atomic E-state index is 0.00162. The van der Waals surface area contributed by atoms with Crippen LogP contribution in [0, 0.1) is 12.8 Å². The van der Waals surface area contributed by atoms with Crippen molar-refractivity contribution in [3.8, 4) is 0 Å². The van der Waals surface area contributed by atoms with E-state index >= 15 is 0 Å². The predicted octanol–water partition coefficient (Wildman–Crippen LogP) is 2.50. The quantitative estimate of drug-likeness (QED) is 0.637. The van der Waals surface area contributed by atoms with E-state index in [9.17, 15) is 9.59 Å². The van der Waals surface area contributed by atoms with E-state index in [2.05, 4.69) is 27.8 Å². The molecule has 2 amide bonds. The van der Waals surface area contributed by atoms with Crippen LogP contribution in [0.15, 0.2) is 18.2 Å². The summed E-state index contributed by atoms with van der Waals surface area (Å²) in [5.74, 6) is -0.636. The summed E-state index contributed by atoms with van der Waals surface area (Å²) in [5, 5.41) is 14.4. The van der Waals surface area contributed by atoms with E-state index in [-0.39, 0.29) is 17.4 Å². The molecule has 0 radical (unpaired) electrons. The molecule has 4 N–H and O–H groups in total. The van der Waals surface area contributed by atoms with Gasteiger partial charge in [-0.15, -0.1) is 0 Å². The number of hydrogen-bond acceptors (Lipinski definition) is 2. The number of aromatic nitrogens is 1.